The van der Waals surface area contributed by atoms with Crippen molar-refractivity contribution in [3.63, 3.8) is 0 Å². The average molecular weight is 311 g/mol. The van der Waals surface area contributed by atoms with Gasteiger partial charge in [0.05, 0.1) is 5.52 Å². The number of rotatable bonds is 3. The van der Waals surface area contributed by atoms with Gasteiger partial charge in [0, 0.05) is 16.5 Å². The summed E-state index contributed by atoms with van der Waals surface area (Å²) in [5.41, 5.74) is 14.4. The molecule has 118 valence electrons. The predicted molar refractivity (Wildman–Crippen MR) is 90.7 cm³/mol. The largest absolute Gasteiger partial charge is 0.507 e. The number of fused-ring (bicyclic) bond motifs is 1. The molecule has 0 radical (unpaired) electrons. The highest BCUT2D eigenvalue weighted by Crippen LogP contribution is 2.34. The summed E-state index contributed by atoms with van der Waals surface area (Å²) in [5, 5.41) is 10.9. The number of phenolic OH excluding ortho intramolecular Hbond substituents is 1. The number of nitrogens with two attached hydrogens (primary N) is 2. The highest BCUT2D eigenvalue weighted by atomic mass is 19.1. The molecular weight excluding hydrogens is 293 g/mol. The molecule has 5 heteroatoms. The van der Waals surface area contributed by atoms with Crippen LogP contribution in [0, 0.1) is 12.7 Å². The molecule has 0 fully saturated rings. The van der Waals surface area contributed by atoms with Crippen LogP contribution in [0.15, 0.2) is 36.4 Å². The molecule has 0 bridgehead atoms. The van der Waals surface area contributed by atoms with Crippen molar-refractivity contribution in [1.82, 2.24) is 4.98 Å². The van der Waals surface area contributed by atoms with E-state index < -0.39 is 5.82 Å². The van der Waals surface area contributed by atoms with Gasteiger partial charge in [-0.1, -0.05) is 12.1 Å². The van der Waals surface area contributed by atoms with Gasteiger partial charge in [0.15, 0.2) is 0 Å². The highest BCUT2D eigenvalue weighted by molar-refractivity contribution is 5.89. The molecule has 0 amide bonds. The number of benzene rings is 2. The summed E-state index contributed by atoms with van der Waals surface area (Å²) in [6.07, 6.45) is 0.658. The standard InChI is InChI=1S/C18H18FN3O/c1-10-6-18(21)22-16-9-14(15(19)8-13(10)16)12-3-2-11(4-5-20)7-17(12)23/h2-3,6-9,23H,4-5,20H2,1H3,(H2,21,22). The van der Waals surface area contributed by atoms with E-state index in [0.717, 1.165) is 11.1 Å². The molecule has 0 saturated heterocycles. The normalized spacial score (nSPS) is 11.1. The molecule has 0 aliphatic heterocycles. The minimum atomic E-state index is -0.408. The molecule has 5 N–H and O–H groups in total. The second kappa shape index (κ2) is 5.85. The Kier molecular flexibility index (Phi) is 3.88. The summed E-state index contributed by atoms with van der Waals surface area (Å²) in [4.78, 5) is 4.25. The maximum atomic E-state index is 14.5. The number of phenols is 1. The number of aromatic hydroxyl groups is 1. The Bertz CT molecular complexity index is 893. The molecule has 23 heavy (non-hydrogen) atoms. The third kappa shape index (κ3) is 2.83. The van der Waals surface area contributed by atoms with Gasteiger partial charge >= 0.3 is 0 Å². The van der Waals surface area contributed by atoms with E-state index in [0.29, 0.717) is 40.8 Å². The van der Waals surface area contributed by atoms with Crippen molar-refractivity contribution >= 4 is 16.7 Å². The van der Waals surface area contributed by atoms with Crippen LogP contribution >= 0.6 is 0 Å². The van der Waals surface area contributed by atoms with Crippen molar-refractivity contribution in [3.8, 4) is 16.9 Å². The lowest BCUT2D eigenvalue weighted by atomic mass is 9.98. The van der Waals surface area contributed by atoms with Crippen LogP contribution in [-0.4, -0.2) is 16.6 Å². The zero-order valence-electron chi connectivity index (χ0n) is 12.8. The Hall–Kier alpha value is -2.66. The molecule has 0 atom stereocenters. The molecule has 0 saturated carbocycles. The fraction of sp³-hybridized carbons (Fsp3) is 0.167. The first-order chi connectivity index (χ1) is 11.0. The summed E-state index contributed by atoms with van der Waals surface area (Å²) in [6, 6.07) is 9.91. The van der Waals surface area contributed by atoms with E-state index in [9.17, 15) is 9.50 Å². The molecule has 0 aliphatic carbocycles. The van der Waals surface area contributed by atoms with Gasteiger partial charge in [-0.15, -0.1) is 0 Å². The van der Waals surface area contributed by atoms with Crippen LogP contribution in [0.1, 0.15) is 11.1 Å². The van der Waals surface area contributed by atoms with Crippen molar-refractivity contribution in [3.05, 3.63) is 53.3 Å². The molecule has 1 aromatic heterocycles. The second-order valence-corrected chi connectivity index (χ2v) is 5.60. The number of nitrogens with zero attached hydrogens (tertiary/aromatic N) is 1. The summed E-state index contributed by atoms with van der Waals surface area (Å²) in [7, 11) is 0. The Balaban J connectivity index is 2.18. The van der Waals surface area contributed by atoms with Gasteiger partial charge in [-0.2, -0.15) is 0 Å². The first-order valence-corrected chi connectivity index (χ1v) is 7.38. The lowest BCUT2D eigenvalue weighted by molar-refractivity contribution is 0.476. The minimum Gasteiger partial charge on any atom is -0.507 e. The third-order valence-corrected chi connectivity index (χ3v) is 3.91. The summed E-state index contributed by atoms with van der Waals surface area (Å²) in [6.45, 7) is 2.35. The molecule has 3 rings (SSSR count). The van der Waals surface area contributed by atoms with Crippen LogP contribution in [0.25, 0.3) is 22.0 Å². The van der Waals surface area contributed by atoms with Gasteiger partial charge in [0.25, 0.3) is 0 Å². The molecule has 1 heterocycles. The van der Waals surface area contributed by atoms with Crippen LogP contribution in [0.2, 0.25) is 0 Å². The topological polar surface area (TPSA) is 85.2 Å². The summed E-state index contributed by atoms with van der Waals surface area (Å²) < 4.78 is 14.5. The molecule has 4 nitrogen and oxygen atoms in total. The van der Waals surface area contributed by atoms with Crippen molar-refractivity contribution < 1.29 is 9.50 Å². The molecule has 0 unspecified atom stereocenters. The van der Waals surface area contributed by atoms with E-state index in [4.69, 9.17) is 11.5 Å². The van der Waals surface area contributed by atoms with Crippen LogP contribution in [0.4, 0.5) is 10.2 Å². The molecule has 0 spiro atoms. The minimum absolute atomic E-state index is 0.0230. The van der Waals surface area contributed by atoms with E-state index in [1.807, 2.05) is 13.0 Å². The number of aromatic nitrogens is 1. The maximum Gasteiger partial charge on any atom is 0.131 e. The Morgan fingerprint density at radius 3 is 2.61 bits per heavy atom. The van der Waals surface area contributed by atoms with Gasteiger partial charge in [0.1, 0.15) is 17.4 Å². The molecule has 0 aliphatic rings. The second-order valence-electron chi connectivity index (χ2n) is 5.60. The van der Waals surface area contributed by atoms with E-state index in [2.05, 4.69) is 4.98 Å². The molecule has 2 aromatic carbocycles. The van der Waals surface area contributed by atoms with Gasteiger partial charge in [-0.05, 0) is 55.3 Å². The number of aryl methyl sites for hydroxylation is 1. The van der Waals surface area contributed by atoms with Crippen molar-refractivity contribution in [2.45, 2.75) is 13.3 Å². The Morgan fingerprint density at radius 1 is 1.13 bits per heavy atom. The number of hydrogen-bond donors (Lipinski definition) is 3. The lowest BCUT2D eigenvalue weighted by Gasteiger charge is -2.11. The zero-order chi connectivity index (χ0) is 16.6. The fourth-order valence-electron chi connectivity index (χ4n) is 2.77. The smallest absolute Gasteiger partial charge is 0.131 e. The fourth-order valence-corrected chi connectivity index (χ4v) is 2.77. The summed E-state index contributed by atoms with van der Waals surface area (Å²) in [5.74, 6) is -0.000977. The van der Waals surface area contributed by atoms with Crippen LogP contribution in [0.5, 0.6) is 5.75 Å². The lowest BCUT2D eigenvalue weighted by Crippen LogP contribution is -2.02. The molecular formula is C18H18FN3O. The Morgan fingerprint density at radius 2 is 1.91 bits per heavy atom. The third-order valence-electron chi connectivity index (χ3n) is 3.91. The first-order valence-electron chi connectivity index (χ1n) is 7.38. The number of hydrogen-bond acceptors (Lipinski definition) is 4. The van der Waals surface area contributed by atoms with Gasteiger partial charge in [-0.25, -0.2) is 9.37 Å². The monoisotopic (exact) mass is 311 g/mol. The van der Waals surface area contributed by atoms with Gasteiger partial charge in [0.2, 0.25) is 0 Å². The van der Waals surface area contributed by atoms with Gasteiger partial charge < -0.3 is 16.6 Å². The van der Waals surface area contributed by atoms with Crippen LogP contribution < -0.4 is 11.5 Å². The van der Waals surface area contributed by atoms with E-state index in [1.54, 1.807) is 24.3 Å². The van der Waals surface area contributed by atoms with Gasteiger partial charge in [-0.3, -0.25) is 0 Å². The average Bonchev–Trinajstić information content (AvgIpc) is 2.48. The number of nitrogen functional groups attached to an aromatic ring is 1. The van der Waals surface area contributed by atoms with E-state index in [1.165, 1.54) is 6.07 Å². The molecule has 3 aromatic rings. The quantitative estimate of drug-likeness (QED) is 0.693. The van der Waals surface area contributed by atoms with Crippen molar-refractivity contribution in [2.24, 2.45) is 5.73 Å². The van der Waals surface area contributed by atoms with E-state index >= 15 is 0 Å². The number of anilines is 1. The predicted octanol–water partition coefficient (Wildman–Crippen LogP) is 3.14. The number of halogens is 1. The van der Waals surface area contributed by atoms with Crippen LogP contribution in [-0.2, 0) is 6.42 Å². The maximum absolute atomic E-state index is 14.5. The number of pyridine rings is 1. The van der Waals surface area contributed by atoms with Crippen LogP contribution in [0.3, 0.4) is 0 Å². The van der Waals surface area contributed by atoms with E-state index in [-0.39, 0.29) is 5.75 Å². The first kappa shape index (κ1) is 15.2. The Labute approximate surface area is 133 Å². The SMILES string of the molecule is Cc1cc(N)nc2cc(-c3ccc(CCN)cc3O)c(F)cc12. The van der Waals surface area contributed by atoms with Crippen molar-refractivity contribution in [1.29, 1.82) is 0 Å². The highest BCUT2D eigenvalue weighted by Gasteiger charge is 2.13. The summed E-state index contributed by atoms with van der Waals surface area (Å²) >= 11 is 0. The zero-order valence-corrected chi connectivity index (χ0v) is 12.8. The van der Waals surface area contributed by atoms with Crippen molar-refractivity contribution in [2.75, 3.05) is 12.3 Å².